The zero-order valence-corrected chi connectivity index (χ0v) is 20.2. The molecule has 0 radical (unpaired) electrons. The second-order valence-corrected chi connectivity index (χ2v) is 9.97. The molecule has 3 aromatic rings. The van der Waals surface area contributed by atoms with Gasteiger partial charge in [-0.25, -0.2) is 5.10 Å². The fraction of sp³-hybridized carbons (Fsp3) is 0.360. The standard InChI is InChI=1S/C25H26N6O3S/c1-31-12-20(24-29-30-25(33)35-24)22(13-31)28-23(32)16-4-6-18(7-5-16)34-14-17-9-15(11-26)10-21-19(17)3-2-8-27-21/h4-7,9-10,20,22,27H,2-3,8,12-14H2,1H3,(H,28,32)(H,30,33)/t20?,22-/m1/s1. The normalized spacial score (nSPS) is 19.4. The number of ether oxygens (including phenoxy) is 1. The first-order chi connectivity index (χ1) is 17.0. The number of carbonyl (C=O) groups excluding carboxylic acids is 1. The van der Waals surface area contributed by atoms with Crippen LogP contribution in [0.2, 0.25) is 0 Å². The molecule has 0 bridgehead atoms. The number of aromatic amines is 1. The summed E-state index contributed by atoms with van der Waals surface area (Å²) in [6.07, 6.45) is 2.00. The fourth-order valence-corrected chi connectivity index (χ4v) is 5.54. The lowest BCUT2D eigenvalue weighted by Gasteiger charge is -2.21. The van der Waals surface area contributed by atoms with Crippen molar-refractivity contribution in [2.75, 3.05) is 32.0 Å². The Morgan fingerprint density at radius 3 is 2.89 bits per heavy atom. The van der Waals surface area contributed by atoms with Crippen LogP contribution in [0.15, 0.2) is 41.2 Å². The Kier molecular flexibility index (Phi) is 6.53. The number of carbonyl (C=O) groups is 1. The van der Waals surface area contributed by atoms with E-state index in [2.05, 4.69) is 31.8 Å². The highest BCUT2D eigenvalue weighted by Gasteiger charge is 2.35. The number of H-pyrrole nitrogens is 1. The van der Waals surface area contributed by atoms with E-state index in [1.165, 1.54) is 5.56 Å². The lowest BCUT2D eigenvalue weighted by molar-refractivity contribution is 0.0935. The van der Waals surface area contributed by atoms with E-state index in [0.717, 1.165) is 48.5 Å². The Hall–Kier alpha value is -3.68. The van der Waals surface area contributed by atoms with E-state index in [0.29, 0.717) is 35.0 Å². The molecule has 2 aliphatic rings. The molecule has 1 saturated heterocycles. The highest BCUT2D eigenvalue weighted by molar-refractivity contribution is 7.08. The van der Waals surface area contributed by atoms with Gasteiger partial charge in [-0.15, -0.1) is 0 Å². The van der Waals surface area contributed by atoms with Crippen molar-refractivity contribution in [1.82, 2.24) is 20.4 Å². The molecule has 1 aromatic heterocycles. The smallest absolute Gasteiger partial charge is 0.322 e. The molecule has 2 aromatic carbocycles. The Balaban J connectivity index is 1.24. The van der Waals surface area contributed by atoms with Crippen molar-refractivity contribution in [3.05, 3.63) is 73.3 Å². The number of nitriles is 1. The lowest BCUT2D eigenvalue weighted by Crippen LogP contribution is -2.39. The van der Waals surface area contributed by atoms with Crippen molar-refractivity contribution in [2.24, 2.45) is 0 Å². The van der Waals surface area contributed by atoms with Crippen LogP contribution >= 0.6 is 11.3 Å². The monoisotopic (exact) mass is 490 g/mol. The van der Waals surface area contributed by atoms with Gasteiger partial charge < -0.3 is 20.3 Å². The highest BCUT2D eigenvalue weighted by Crippen LogP contribution is 2.29. The summed E-state index contributed by atoms with van der Waals surface area (Å²) in [4.78, 5) is 26.4. The summed E-state index contributed by atoms with van der Waals surface area (Å²) in [5.74, 6) is 0.452. The Labute approximate surface area is 206 Å². The minimum Gasteiger partial charge on any atom is -0.489 e. The summed E-state index contributed by atoms with van der Waals surface area (Å²) in [6.45, 7) is 2.68. The second-order valence-electron chi connectivity index (χ2n) is 8.98. The van der Waals surface area contributed by atoms with Crippen LogP contribution in [-0.2, 0) is 13.0 Å². The summed E-state index contributed by atoms with van der Waals surface area (Å²) >= 11 is 1.09. The number of amides is 1. The third-order valence-electron chi connectivity index (χ3n) is 6.49. The molecular formula is C25H26N6O3S. The first kappa shape index (κ1) is 23.1. The van der Waals surface area contributed by atoms with Gasteiger partial charge in [-0.1, -0.05) is 11.3 Å². The summed E-state index contributed by atoms with van der Waals surface area (Å²) < 4.78 is 6.00. The minimum absolute atomic E-state index is 0.0277. The molecule has 0 saturated carbocycles. The quantitative estimate of drug-likeness (QED) is 0.485. The van der Waals surface area contributed by atoms with Crippen LogP contribution in [0.25, 0.3) is 0 Å². The summed E-state index contributed by atoms with van der Waals surface area (Å²) in [5, 5.41) is 23.1. The van der Waals surface area contributed by atoms with E-state index in [9.17, 15) is 14.9 Å². The molecule has 2 atom stereocenters. The maximum atomic E-state index is 12.9. The van der Waals surface area contributed by atoms with Gasteiger partial charge in [0.1, 0.15) is 17.4 Å². The fourth-order valence-electron chi connectivity index (χ4n) is 4.78. The molecule has 35 heavy (non-hydrogen) atoms. The number of likely N-dealkylation sites (tertiary alicyclic amines) is 1. The van der Waals surface area contributed by atoms with Gasteiger partial charge in [0.15, 0.2) is 0 Å². The van der Waals surface area contributed by atoms with Gasteiger partial charge in [-0.3, -0.25) is 9.59 Å². The van der Waals surface area contributed by atoms with Crippen LogP contribution in [0.4, 0.5) is 5.69 Å². The van der Waals surface area contributed by atoms with Crippen LogP contribution in [0.5, 0.6) is 5.75 Å². The van der Waals surface area contributed by atoms with Crippen LogP contribution in [-0.4, -0.2) is 53.7 Å². The molecule has 10 heteroatoms. The van der Waals surface area contributed by atoms with E-state index in [1.54, 1.807) is 24.3 Å². The summed E-state index contributed by atoms with van der Waals surface area (Å²) in [6, 6.07) is 12.9. The number of hydrogen-bond acceptors (Lipinski definition) is 8. The van der Waals surface area contributed by atoms with Crippen molar-refractivity contribution < 1.29 is 9.53 Å². The van der Waals surface area contributed by atoms with E-state index in [1.807, 2.05) is 19.2 Å². The maximum Gasteiger partial charge on any atom is 0.322 e. The Bertz CT molecular complexity index is 1330. The molecule has 9 nitrogen and oxygen atoms in total. The van der Waals surface area contributed by atoms with Gasteiger partial charge in [0.2, 0.25) is 0 Å². The highest BCUT2D eigenvalue weighted by atomic mass is 32.1. The van der Waals surface area contributed by atoms with Gasteiger partial charge >= 0.3 is 4.87 Å². The van der Waals surface area contributed by atoms with E-state index >= 15 is 0 Å². The van der Waals surface area contributed by atoms with Crippen molar-refractivity contribution in [2.45, 2.75) is 31.4 Å². The predicted octanol–water partition coefficient (Wildman–Crippen LogP) is 2.47. The lowest BCUT2D eigenvalue weighted by atomic mass is 9.96. The summed E-state index contributed by atoms with van der Waals surface area (Å²) in [7, 11) is 1.99. The number of fused-ring (bicyclic) bond motifs is 1. The van der Waals surface area contributed by atoms with Crippen molar-refractivity contribution in [3.8, 4) is 11.8 Å². The zero-order valence-electron chi connectivity index (χ0n) is 19.3. The Morgan fingerprint density at radius 2 is 2.14 bits per heavy atom. The second kappa shape index (κ2) is 9.90. The molecule has 1 fully saturated rings. The van der Waals surface area contributed by atoms with Crippen molar-refractivity contribution >= 4 is 22.9 Å². The molecule has 0 spiro atoms. The first-order valence-corrected chi connectivity index (χ1v) is 12.4. The van der Waals surface area contributed by atoms with Crippen molar-refractivity contribution in [3.63, 3.8) is 0 Å². The van der Waals surface area contributed by atoms with E-state index < -0.39 is 0 Å². The number of rotatable bonds is 6. The van der Waals surface area contributed by atoms with Gasteiger partial charge in [0.25, 0.3) is 5.91 Å². The molecule has 0 aliphatic carbocycles. The average molecular weight is 491 g/mol. The number of aromatic nitrogens is 2. The number of hydrogen-bond donors (Lipinski definition) is 3. The third-order valence-corrected chi connectivity index (χ3v) is 7.37. The number of likely N-dealkylation sites (N-methyl/N-ethyl adjacent to an activating group) is 1. The number of nitrogens with one attached hydrogen (secondary N) is 3. The predicted molar refractivity (Wildman–Crippen MR) is 133 cm³/mol. The van der Waals surface area contributed by atoms with E-state index in [-0.39, 0.29) is 22.7 Å². The summed E-state index contributed by atoms with van der Waals surface area (Å²) in [5.41, 5.74) is 4.36. The average Bonchev–Trinajstić information content (AvgIpc) is 3.47. The topological polar surface area (TPSA) is 123 Å². The number of nitrogens with zero attached hydrogens (tertiary/aromatic N) is 3. The van der Waals surface area contributed by atoms with Gasteiger partial charge in [-0.2, -0.15) is 10.4 Å². The number of anilines is 1. The zero-order chi connectivity index (χ0) is 24.4. The van der Waals surface area contributed by atoms with Crippen LogP contribution in [0.1, 0.15) is 44.4 Å². The largest absolute Gasteiger partial charge is 0.489 e. The molecule has 1 unspecified atom stereocenters. The van der Waals surface area contributed by atoms with Crippen LogP contribution in [0, 0.1) is 11.3 Å². The van der Waals surface area contributed by atoms with Gasteiger partial charge in [0.05, 0.1) is 17.7 Å². The van der Waals surface area contributed by atoms with Gasteiger partial charge in [-0.05, 0) is 67.4 Å². The molecule has 2 aliphatic heterocycles. The van der Waals surface area contributed by atoms with Crippen molar-refractivity contribution in [1.29, 1.82) is 5.26 Å². The third kappa shape index (κ3) is 5.06. The Morgan fingerprint density at radius 1 is 1.31 bits per heavy atom. The van der Waals surface area contributed by atoms with Gasteiger partial charge in [0, 0.05) is 36.8 Å². The minimum atomic E-state index is -0.189. The SMILES string of the molecule is CN1CC(c2n[nH]c(=O)s2)[C@H](NC(=O)c2ccc(OCc3cc(C#N)cc4c3CCCN4)cc2)C1. The van der Waals surface area contributed by atoms with Crippen LogP contribution < -0.4 is 20.2 Å². The molecule has 1 amide bonds. The van der Waals surface area contributed by atoms with E-state index in [4.69, 9.17) is 4.74 Å². The molecule has 3 N–H and O–H groups in total. The molecule has 5 rings (SSSR count). The molecule has 3 heterocycles. The number of benzene rings is 2. The van der Waals surface area contributed by atoms with Crippen LogP contribution in [0.3, 0.4) is 0 Å². The molecular weight excluding hydrogens is 464 g/mol. The maximum absolute atomic E-state index is 12.9. The molecule has 180 valence electrons. The first-order valence-electron chi connectivity index (χ1n) is 11.6.